The summed E-state index contributed by atoms with van der Waals surface area (Å²) in [6, 6.07) is 11.2. The number of aliphatic hydroxyl groups excluding tert-OH is 3. The smallest absolute Gasteiger partial charge is 0.0606 e. The van der Waals surface area contributed by atoms with Gasteiger partial charge in [-0.25, -0.2) is 0 Å². The molecule has 2 aromatic carbocycles. The Bertz CT molecular complexity index is 703. The average molecular weight is 360 g/mol. The zero-order valence-corrected chi connectivity index (χ0v) is 14.9. The van der Waals surface area contributed by atoms with Crippen LogP contribution in [0.5, 0.6) is 0 Å². The van der Waals surface area contributed by atoms with Crippen LogP contribution in [0.25, 0.3) is 0 Å². The van der Waals surface area contributed by atoms with Gasteiger partial charge in [-0.15, -0.1) is 0 Å². The van der Waals surface area contributed by atoms with Crippen LogP contribution < -0.4 is 21.7 Å². The minimum absolute atomic E-state index is 0.00667. The highest BCUT2D eigenvalue weighted by atomic mass is 16.3. The fraction of sp³-hybridized carbons (Fsp3) is 0.368. The number of nitrogens with two attached hydrogens (primary N) is 2. The van der Waals surface area contributed by atoms with Crippen molar-refractivity contribution in [3.63, 3.8) is 0 Å². The van der Waals surface area contributed by atoms with Gasteiger partial charge < -0.3 is 37.0 Å². The van der Waals surface area contributed by atoms with Gasteiger partial charge in [-0.3, -0.25) is 0 Å². The van der Waals surface area contributed by atoms with Crippen LogP contribution in [0.15, 0.2) is 36.4 Å². The molecule has 142 valence electrons. The van der Waals surface area contributed by atoms with Crippen LogP contribution in [0.4, 0.5) is 22.7 Å². The molecule has 0 fully saturated rings. The van der Waals surface area contributed by atoms with E-state index in [9.17, 15) is 15.3 Å². The van der Waals surface area contributed by atoms with Crippen molar-refractivity contribution in [2.75, 3.05) is 54.6 Å². The van der Waals surface area contributed by atoms with E-state index in [0.29, 0.717) is 37.4 Å². The maximum absolute atomic E-state index is 9.38. The lowest BCUT2D eigenvalue weighted by Gasteiger charge is -2.26. The van der Waals surface area contributed by atoms with Gasteiger partial charge in [0.25, 0.3) is 0 Å². The fourth-order valence-corrected chi connectivity index (χ4v) is 2.89. The molecule has 0 unspecified atom stereocenters. The first kappa shape index (κ1) is 19.8. The molecule has 8 N–H and O–H groups in total. The number of nitrogens with one attached hydrogen (secondary N) is 1. The van der Waals surface area contributed by atoms with Crippen molar-refractivity contribution in [1.82, 2.24) is 0 Å². The maximum atomic E-state index is 9.38. The number of nitrogens with zero attached hydrogens (tertiary/aromatic N) is 1. The molecule has 0 atom stereocenters. The third-order valence-electron chi connectivity index (χ3n) is 4.19. The van der Waals surface area contributed by atoms with Crippen LogP contribution >= 0.6 is 0 Å². The normalized spacial score (nSPS) is 10.7. The van der Waals surface area contributed by atoms with Gasteiger partial charge in [-0.2, -0.15) is 0 Å². The van der Waals surface area contributed by atoms with E-state index in [4.69, 9.17) is 11.5 Å². The Balaban J connectivity index is 2.19. The van der Waals surface area contributed by atoms with E-state index in [1.54, 1.807) is 12.1 Å². The van der Waals surface area contributed by atoms with Crippen LogP contribution in [0.2, 0.25) is 0 Å². The van der Waals surface area contributed by atoms with Crippen molar-refractivity contribution in [3.8, 4) is 0 Å². The molecular formula is C19H28N4O3. The van der Waals surface area contributed by atoms with Gasteiger partial charge in [0.2, 0.25) is 0 Å². The lowest BCUT2D eigenvalue weighted by Crippen LogP contribution is -2.30. The second-order valence-electron chi connectivity index (χ2n) is 6.06. The minimum Gasteiger partial charge on any atom is -0.399 e. The molecule has 2 aromatic rings. The Kier molecular flexibility index (Phi) is 7.53. The topological polar surface area (TPSA) is 128 Å². The van der Waals surface area contributed by atoms with Crippen molar-refractivity contribution < 1.29 is 15.3 Å². The Labute approximate surface area is 153 Å². The maximum Gasteiger partial charge on any atom is 0.0606 e. The zero-order chi connectivity index (χ0) is 18.9. The first-order chi connectivity index (χ1) is 12.6. The zero-order valence-electron chi connectivity index (χ0n) is 14.9. The summed E-state index contributed by atoms with van der Waals surface area (Å²) in [6.07, 6.45) is 0.485. The van der Waals surface area contributed by atoms with Gasteiger partial charge in [0.05, 0.1) is 13.2 Å². The van der Waals surface area contributed by atoms with Crippen molar-refractivity contribution in [2.24, 2.45) is 0 Å². The Morgan fingerprint density at radius 2 is 1.58 bits per heavy atom. The molecule has 0 aliphatic carbocycles. The summed E-state index contributed by atoms with van der Waals surface area (Å²) < 4.78 is 0. The number of aliphatic hydroxyl groups is 3. The largest absolute Gasteiger partial charge is 0.399 e. The molecule has 7 heteroatoms. The van der Waals surface area contributed by atoms with Gasteiger partial charge in [-0.05, 0) is 53.9 Å². The number of hydrogen-bond acceptors (Lipinski definition) is 7. The van der Waals surface area contributed by atoms with E-state index in [2.05, 4.69) is 5.32 Å². The highest BCUT2D eigenvalue weighted by Gasteiger charge is 2.12. The molecule has 0 radical (unpaired) electrons. The van der Waals surface area contributed by atoms with E-state index in [-0.39, 0.29) is 19.8 Å². The molecule has 0 aliphatic heterocycles. The molecule has 0 aromatic heterocycles. The molecule has 0 saturated heterocycles. The summed E-state index contributed by atoms with van der Waals surface area (Å²) in [5, 5.41) is 31.2. The quantitative estimate of drug-likeness (QED) is 0.346. The minimum atomic E-state index is -0.00667. The SMILES string of the molecule is Nc1ccc(N)c(CNc2ccc(N(CCO)CCO)c(CCO)c2)c1. The Morgan fingerprint density at radius 3 is 2.23 bits per heavy atom. The Morgan fingerprint density at radius 1 is 0.846 bits per heavy atom. The summed E-state index contributed by atoms with van der Waals surface area (Å²) in [6.45, 7) is 1.38. The summed E-state index contributed by atoms with van der Waals surface area (Å²) >= 11 is 0. The highest BCUT2D eigenvalue weighted by Crippen LogP contribution is 2.26. The van der Waals surface area contributed by atoms with Crippen LogP contribution in [-0.4, -0.2) is 48.2 Å². The molecule has 0 spiro atoms. The first-order valence-corrected chi connectivity index (χ1v) is 8.67. The van der Waals surface area contributed by atoms with Crippen molar-refractivity contribution in [1.29, 1.82) is 0 Å². The third-order valence-corrected chi connectivity index (χ3v) is 4.19. The van der Waals surface area contributed by atoms with Crippen molar-refractivity contribution in [3.05, 3.63) is 47.5 Å². The molecule has 0 bridgehead atoms. The molecule has 0 saturated carbocycles. The average Bonchev–Trinajstić information content (AvgIpc) is 2.63. The first-order valence-electron chi connectivity index (χ1n) is 8.67. The number of rotatable bonds is 10. The summed E-state index contributed by atoms with van der Waals surface area (Å²) in [4.78, 5) is 1.91. The van der Waals surface area contributed by atoms with Crippen LogP contribution in [0, 0.1) is 0 Å². The van der Waals surface area contributed by atoms with Crippen molar-refractivity contribution >= 4 is 22.7 Å². The van der Waals surface area contributed by atoms with Gasteiger partial charge in [0.15, 0.2) is 0 Å². The molecule has 7 nitrogen and oxygen atoms in total. The number of benzene rings is 2. The lowest BCUT2D eigenvalue weighted by molar-refractivity contribution is 0.280. The second kappa shape index (κ2) is 9.86. The van der Waals surface area contributed by atoms with Gasteiger partial charge in [0, 0.05) is 49.0 Å². The van der Waals surface area contributed by atoms with Gasteiger partial charge in [0.1, 0.15) is 0 Å². The summed E-state index contributed by atoms with van der Waals surface area (Å²) in [5.41, 5.74) is 16.8. The Hall–Kier alpha value is -2.48. The van der Waals surface area contributed by atoms with E-state index in [1.165, 1.54) is 0 Å². The monoisotopic (exact) mass is 360 g/mol. The predicted octanol–water partition coefficient (Wildman–Crippen LogP) is 0.789. The van der Waals surface area contributed by atoms with Gasteiger partial charge >= 0.3 is 0 Å². The number of anilines is 4. The van der Waals surface area contributed by atoms with E-state index in [1.807, 2.05) is 29.2 Å². The molecule has 26 heavy (non-hydrogen) atoms. The van der Waals surface area contributed by atoms with Crippen LogP contribution in [0.1, 0.15) is 11.1 Å². The molecular weight excluding hydrogens is 332 g/mol. The van der Waals surface area contributed by atoms with Crippen molar-refractivity contribution in [2.45, 2.75) is 13.0 Å². The fourth-order valence-electron chi connectivity index (χ4n) is 2.89. The van der Waals surface area contributed by atoms with E-state index < -0.39 is 0 Å². The standard InChI is InChI=1S/C19H28N4O3/c20-16-1-3-18(21)15(11-16)13-22-17-2-4-19(14(12-17)5-8-24)23(6-9-25)7-10-26/h1-4,11-12,22,24-26H,5-10,13,20-21H2. The highest BCUT2D eigenvalue weighted by molar-refractivity contribution is 5.62. The summed E-state index contributed by atoms with van der Waals surface area (Å²) in [7, 11) is 0. The molecule has 0 heterocycles. The van der Waals surface area contributed by atoms with Crippen LogP contribution in [-0.2, 0) is 13.0 Å². The van der Waals surface area contributed by atoms with Crippen LogP contribution in [0.3, 0.4) is 0 Å². The molecule has 2 rings (SSSR count). The number of nitrogen functional groups attached to an aromatic ring is 2. The van der Waals surface area contributed by atoms with E-state index in [0.717, 1.165) is 22.5 Å². The second-order valence-corrected chi connectivity index (χ2v) is 6.06. The third kappa shape index (κ3) is 5.26. The molecule has 0 aliphatic rings. The molecule has 0 amide bonds. The van der Waals surface area contributed by atoms with E-state index >= 15 is 0 Å². The number of hydrogen-bond donors (Lipinski definition) is 6. The summed E-state index contributed by atoms with van der Waals surface area (Å²) in [5.74, 6) is 0. The van der Waals surface area contributed by atoms with Gasteiger partial charge in [-0.1, -0.05) is 0 Å². The lowest BCUT2D eigenvalue weighted by atomic mass is 10.1. The predicted molar refractivity (Wildman–Crippen MR) is 106 cm³/mol.